The quantitative estimate of drug-likeness (QED) is 0.823. The SMILES string of the molecule is Cc1c[nH]c(CNC(=O)C(C)SCc2ccc(Cl)cc2)c(C)c1=O. The fourth-order valence-corrected chi connectivity index (χ4v) is 3.18. The number of aromatic amines is 1. The van der Waals surface area contributed by atoms with Crippen molar-refractivity contribution in [1.29, 1.82) is 0 Å². The van der Waals surface area contributed by atoms with Crippen LogP contribution in [0.25, 0.3) is 0 Å². The summed E-state index contributed by atoms with van der Waals surface area (Å²) < 4.78 is 0. The molecule has 1 aromatic heterocycles. The van der Waals surface area contributed by atoms with Crippen molar-refractivity contribution in [2.24, 2.45) is 0 Å². The Hall–Kier alpha value is -1.72. The van der Waals surface area contributed by atoms with Gasteiger partial charge in [-0.3, -0.25) is 9.59 Å². The molecule has 6 heteroatoms. The lowest BCUT2D eigenvalue weighted by Gasteiger charge is -2.13. The number of benzene rings is 1. The maximum Gasteiger partial charge on any atom is 0.233 e. The van der Waals surface area contributed by atoms with Crippen LogP contribution < -0.4 is 10.7 Å². The van der Waals surface area contributed by atoms with Gasteiger partial charge < -0.3 is 10.3 Å². The third-order valence-corrected chi connectivity index (χ3v) is 5.30. The number of aryl methyl sites for hydroxylation is 1. The molecule has 4 nitrogen and oxygen atoms in total. The molecule has 0 aliphatic carbocycles. The molecule has 0 bridgehead atoms. The van der Waals surface area contributed by atoms with Crippen LogP contribution in [0.5, 0.6) is 0 Å². The number of pyridine rings is 1. The lowest BCUT2D eigenvalue weighted by atomic mass is 10.1. The Bertz CT molecular complexity index is 772. The molecule has 1 aromatic carbocycles. The van der Waals surface area contributed by atoms with Crippen LogP contribution in [0.2, 0.25) is 5.02 Å². The van der Waals surface area contributed by atoms with Gasteiger partial charge in [0.2, 0.25) is 5.91 Å². The number of hydrogen-bond acceptors (Lipinski definition) is 3. The molecule has 1 unspecified atom stereocenters. The molecule has 0 fully saturated rings. The van der Waals surface area contributed by atoms with Crippen molar-refractivity contribution in [2.45, 2.75) is 38.3 Å². The number of aromatic nitrogens is 1. The van der Waals surface area contributed by atoms with E-state index in [1.54, 1.807) is 31.8 Å². The number of H-pyrrole nitrogens is 1. The van der Waals surface area contributed by atoms with Crippen molar-refractivity contribution < 1.29 is 4.79 Å². The first-order valence-corrected chi connectivity index (χ1v) is 9.12. The second-order valence-electron chi connectivity index (χ2n) is 5.70. The lowest BCUT2D eigenvalue weighted by Crippen LogP contribution is -2.31. The van der Waals surface area contributed by atoms with E-state index >= 15 is 0 Å². The Morgan fingerprint density at radius 1 is 1.29 bits per heavy atom. The smallest absolute Gasteiger partial charge is 0.233 e. The molecule has 2 aromatic rings. The second-order valence-corrected chi connectivity index (χ2v) is 7.47. The summed E-state index contributed by atoms with van der Waals surface area (Å²) in [7, 11) is 0. The molecular weight excluding hydrogens is 344 g/mol. The van der Waals surface area contributed by atoms with Crippen molar-refractivity contribution >= 4 is 29.3 Å². The first kappa shape index (κ1) is 18.6. The maximum atomic E-state index is 12.2. The summed E-state index contributed by atoms with van der Waals surface area (Å²) in [6.07, 6.45) is 1.68. The average Bonchev–Trinajstić information content (AvgIpc) is 2.58. The number of hydrogen-bond donors (Lipinski definition) is 2. The summed E-state index contributed by atoms with van der Waals surface area (Å²) >= 11 is 7.42. The fourth-order valence-electron chi connectivity index (χ4n) is 2.18. The topological polar surface area (TPSA) is 62.0 Å². The van der Waals surface area contributed by atoms with Gasteiger partial charge in [0, 0.05) is 33.8 Å². The van der Waals surface area contributed by atoms with E-state index in [9.17, 15) is 9.59 Å². The molecule has 1 heterocycles. The van der Waals surface area contributed by atoms with Gasteiger partial charge in [0.05, 0.1) is 11.8 Å². The van der Waals surface area contributed by atoms with Gasteiger partial charge in [-0.25, -0.2) is 0 Å². The van der Waals surface area contributed by atoms with Gasteiger partial charge in [-0.1, -0.05) is 23.7 Å². The molecule has 128 valence electrons. The van der Waals surface area contributed by atoms with Gasteiger partial charge in [0.1, 0.15) is 0 Å². The van der Waals surface area contributed by atoms with E-state index < -0.39 is 0 Å². The predicted octanol–water partition coefficient (Wildman–Crippen LogP) is 3.58. The van der Waals surface area contributed by atoms with E-state index in [4.69, 9.17) is 11.6 Å². The zero-order valence-corrected chi connectivity index (χ0v) is 15.6. The summed E-state index contributed by atoms with van der Waals surface area (Å²) in [5.74, 6) is 0.696. The summed E-state index contributed by atoms with van der Waals surface area (Å²) in [6, 6.07) is 7.61. The lowest BCUT2D eigenvalue weighted by molar-refractivity contribution is -0.120. The van der Waals surface area contributed by atoms with Gasteiger partial charge in [-0.05, 0) is 38.5 Å². The highest BCUT2D eigenvalue weighted by Gasteiger charge is 2.14. The van der Waals surface area contributed by atoms with Crippen LogP contribution in [0.4, 0.5) is 0 Å². The zero-order chi connectivity index (χ0) is 17.7. The Morgan fingerprint density at radius 3 is 2.62 bits per heavy atom. The molecule has 0 saturated carbocycles. The van der Waals surface area contributed by atoms with E-state index in [-0.39, 0.29) is 16.6 Å². The van der Waals surface area contributed by atoms with E-state index in [1.807, 2.05) is 31.2 Å². The number of nitrogens with one attached hydrogen (secondary N) is 2. The second kappa shape index (κ2) is 8.40. The largest absolute Gasteiger partial charge is 0.363 e. The molecule has 0 spiro atoms. The number of carbonyl (C=O) groups is 1. The van der Waals surface area contributed by atoms with Crippen molar-refractivity contribution in [1.82, 2.24) is 10.3 Å². The number of amides is 1. The molecular formula is C18H21ClN2O2S. The van der Waals surface area contributed by atoms with Gasteiger partial charge in [-0.15, -0.1) is 11.8 Å². The molecule has 24 heavy (non-hydrogen) atoms. The van der Waals surface area contributed by atoms with Crippen LogP contribution >= 0.6 is 23.4 Å². The van der Waals surface area contributed by atoms with Crippen molar-refractivity contribution in [2.75, 3.05) is 0 Å². The third kappa shape index (κ3) is 4.89. The van der Waals surface area contributed by atoms with E-state index in [1.165, 1.54) is 0 Å². The highest BCUT2D eigenvalue weighted by Crippen LogP contribution is 2.19. The highest BCUT2D eigenvalue weighted by atomic mass is 35.5. The molecule has 0 saturated heterocycles. The van der Waals surface area contributed by atoms with Gasteiger partial charge >= 0.3 is 0 Å². The fraction of sp³-hybridized carbons (Fsp3) is 0.333. The molecule has 1 atom stereocenters. The first-order valence-electron chi connectivity index (χ1n) is 7.70. The van der Waals surface area contributed by atoms with Gasteiger partial charge in [0.15, 0.2) is 5.43 Å². The summed E-state index contributed by atoms with van der Waals surface area (Å²) in [5.41, 5.74) is 3.21. The molecule has 0 radical (unpaired) electrons. The summed E-state index contributed by atoms with van der Waals surface area (Å²) in [4.78, 5) is 27.2. The third-order valence-electron chi connectivity index (χ3n) is 3.84. The monoisotopic (exact) mass is 364 g/mol. The van der Waals surface area contributed by atoms with Crippen LogP contribution in [0.15, 0.2) is 35.3 Å². The molecule has 0 aliphatic rings. The highest BCUT2D eigenvalue weighted by molar-refractivity contribution is 7.99. The van der Waals surface area contributed by atoms with Crippen molar-refractivity contribution in [3.8, 4) is 0 Å². The average molecular weight is 365 g/mol. The van der Waals surface area contributed by atoms with E-state index in [0.717, 1.165) is 17.0 Å². The van der Waals surface area contributed by atoms with Crippen LogP contribution in [-0.2, 0) is 17.1 Å². The first-order chi connectivity index (χ1) is 11.4. The Morgan fingerprint density at radius 2 is 1.96 bits per heavy atom. The standard InChI is InChI=1S/C18H21ClN2O2S/c1-11-8-20-16(12(2)17(11)22)9-21-18(23)13(3)24-10-14-4-6-15(19)7-5-14/h4-8,13H,9-10H2,1-3H3,(H,20,22)(H,21,23). The van der Waals surface area contributed by atoms with Crippen molar-refractivity contribution in [3.63, 3.8) is 0 Å². The minimum Gasteiger partial charge on any atom is -0.363 e. The molecule has 2 N–H and O–H groups in total. The van der Waals surface area contributed by atoms with E-state index in [0.29, 0.717) is 22.7 Å². The van der Waals surface area contributed by atoms with Crippen LogP contribution in [0.3, 0.4) is 0 Å². The molecule has 2 rings (SSSR count). The van der Waals surface area contributed by atoms with E-state index in [2.05, 4.69) is 10.3 Å². The molecule has 1 amide bonds. The van der Waals surface area contributed by atoms with Crippen LogP contribution in [0, 0.1) is 13.8 Å². The predicted molar refractivity (Wildman–Crippen MR) is 101 cm³/mol. The zero-order valence-electron chi connectivity index (χ0n) is 14.0. The Labute approximate surface area is 151 Å². The number of thioether (sulfide) groups is 1. The number of halogens is 1. The number of rotatable bonds is 6. The minimum absolute atomic E-state index is 0.0168. The Balaban J connectivity index is 1.86. The summed E-state index contributed by atoms with van der Waals surface area (Å²) in [6.45, 7) is 5.74. The minimum atomic E-state index is -0.182. The van der Waals surface area contributed by atoms with Crippen molar-refractivity contribution in [3.05, 3.63) is 68.1 Å². The number of carbonyl (C=O) groups excluding carboxylic acids is 1. The maximum absolute atomic E-state index is 12.2. The normalized spacial score (nSPS) is 12.0. The van der Waals surface area contributed by atoms with Crippen LogP contribution in [0.1, 0.15) is 29.3 Å². The summed E-state index contributed by atoms with van der Waals surface area (Å²) in [5, 5.41) is 3.40. The van der Waals surface area contributed by atoms with Crippen LogP contribution in [-0.4, -0.2) is 16.1 Å². The molecule has 0 aliphatic heterocycles. The Kier molecular flexibility index (Phi) is 6.52. The van der Waals surface area contributed by atoms with Gasteiger partial charge in [0.25, 0.3) is 0 Å². The van der Waals surface area contributed by atoms with Gasteiger partial charge in [-0.2, -0.15) is 0 Å².